The zero-order chi connectivity index (χ0) is 13.0. The van der Waals surface area contributed by atoms with Crippen molar-refractivity contribution in [2.75, 3.05) is 7.05 Å². The summed E-state index contributed by atoms with van der Waals surface area (Å²) in [6, 6.07) is 6.46. The molecule has 7 heteroatoms. The Bertz CT molecular complexity index is 434. The van der Waals surface area contributed by atoms with Crippen LogP contribution in [0.3, 0.4) is 0 Å². The first-order valence-corrected chi connectivity index (χ1v) is 6.69. The molecule has 5 nitrogen and oxygen atoms in total. The van der Waals surface area contributed by atoms with Crippen LogP contribution in [0.5, 0.6) is 0 Å². The van der Waals surface area contributed by atoms with Crippen LogP contribution in [0.25, 0.3) is 0 Å². The minimum absolute atomic E-state index is 0.0689. The molecule has 0 fully saturated rings. The molecule has 0 aliphatic rings. The molecule has 0 saturated heterocycles. The standard InChI is InChI=1S/C10H11BrIN3O2/c1-14(13)6-9(11)10(12)7-2-4-8(5-3-7)15(16)17/h2-6,10H,13H2,1H3/b9-6+. The lowest BCUT2D eigenvalue weighted by molar-refractivity contribution is -0.384. The van der Waals surface area contributed by atoms with Crippen LogP contribution in [0, 0.1) is 10.1 Å². The van der Waals surface area contributed by atoms with E-state index in [9.17, 15) is 10.1 Å². The van der Waals surface area contributed by atoms with Gasteiger partial charge in [0.2, 0.25) is 0 Å². The van der Waals surface area contributed by atoms with Crippen molar-refractivity contribution in [1.29, 1.82) is 0 Å². The number of hydrazine groups is 1. The molecule has 0 aliphatic heterocycles. The van der Waals surface area contributed by atoms with Crippen molar-refractivity contribution in [1.82, 2.24) is 5.01 Å². The third kappa shape index (κ3) is 4.25. The smallest absolute Gasteiger partial charge is 0.269 e. The van der Waals surface area contributed by atoms with E-state index >= 15 is 0 Å². The highest BCUT2D eigenvalue weighted by Gasteiger charge is 2.13. The van der Waals surface area contributed by atoms with Crippen LogP contribution < -0.4 is 5.84 Å². The molecule has 0 amide bonds. The summed E-state index contributed by atoms with van der Waals surface area (Å²) in [6.07, 6.45) is 1.75. The van der Waals surface area contributed by atoms with Crippen LogP contribution in [0.1, 0.15) is 9.49 Å². The molecule has 92 valence electrons. The molecule has 17 heavy (non-hydrogen) atoms. The van der Waals surface area contributed by atoms with Gasteiger partial charge in [-0.15, -0.1) is 0 Å². The Hall–Kier alpha value is -0.670. The first-order chi connectivity index (χ1) is 7.91. The van der Waals surface area contributed by atoms with Gasteiger partial charge in [-0.2, -0.15) is 0 Å². The molecular weight excluding hydrogens is 401 g/mol. The van der Waals surface area contributed by atoms with Gasteiger partial charge < -0.3 is 5.01 Å². The van der Waals surface area contributed by atoms with E-state index in [0.717, 1.165) is 10.0 Å². The largest absolute Gasteiger partial charge is 0.321 e. The molecular formula is C10H11BrIN3O2. The van der Waals surface area contributed by atoms with Crippen molar-refractivity contribution in [2.45, 2.75) is 3.92 Å². The van der Waals surface area contributed by atoms with Gasteiger partial charge in [-0.25, -0.2) is 5.84 Å². The number of benzene rings is 1. The van der Waals surface area contributed by atoms with Gasteiger partial charge in [0, 0.05) is 29.9 Å². The Morgan fingerprint density at radius 1 is 1.59 bits per heavy atom. The second-order valence-corrected chi connectivity index (χ2v) is 5.55. The second kappa shape index (κ2) is 6.31. The van der Waals surface area contributed by atoms with E-state index in [4.69, 9.17) is 5.84 Å². The SMILES string of the molecule is CN(N)/C=C(/Br)C(I)c1ccc([N+](=O)[O-])cc1. The van der Waals surface area contributed by atoms with E-state index in [-0.39, 0.29) is 9.61 Å². The third-order valence-electron chi connectivity index (χ3n) is 1.97. The predicted molar refractivity (Wildman–Crippen MR) is 78.8 cm³/mol. The molecule has 0 aromatic heterocycles. The molecule has 1 aromatic carbocycles. The van der Waals surface area contributed by atoms with Gasteiger partial charge in [-0.1, -0.05) is 50.7 Å². The molecule has 1 aromatic rings. The van der Waals surface area contributed by atoms with Crippen molar-refractivity contribution in [2.24, 2.45) is 5.84 Å². The summed E-state index contributed by atoms with van der Waals surface area (Å²) in [5.41, 5.74) is 1.06. The molecule has 0 spiro atoms. The van der Waals surface area contributed by atoms with Crippen LogP contribution in [0.4, 0.5) is 5.69 Å². The van der Waals surface area contributed by atoms with Gasteiger partial charge >= 0.3 is 0 Å². The number of halogens is 2. The molecule has 1 rings (SSSR count). The average molecular weight is 412 g/mol. The number of rotatable bonds is 4. The third-order valence-corrected chi connectivity index (χ3v) is 4.87. The zero-order valence-electron chi connectivity index (χ0n) is 9.01. The van der Waals surface area contributed by atoms with Crippen molar-refractivity contribution in [3.05, 3.63) is 50.6 Å². The number of non-ortho nitro benzene ring substituents is 1. The lowest BCUT2D eigenvalue weighted by Crippen LogP contribution is -2.19. The van der Waals surface area contributed by atoms with Crippen molar-refractivity contribution in [3.8, 4) is 0 Å². The quantitative estimate of drug-likeness (QED) is 0.271. The van der Waals surface area contributed by atoms with E-state index in [1.165, 1.54) is 17.1 Å². The Kier molecular flexibility index (Phi) is 5.34. The van der Waals surface area contributed by atoms with Gasteiger partial charge in [0.1, 0.15) is 0 Å². The first-order valence-electron chi connectivity index (χ1n) is 4.65. The number of nitrogens with two attached hydrogens (primary N) is 1. The second-order valence-electron chi connectivity index (χ2n) is 3.39. The molecule has 0 aliphatic carbocycles. The lowest BCUT2D eigenvalue weighted by atomic mass is 10.1. The number of nitro benzene ring substituents is 1. The normalized spacial score (nSPS) is 13.3. The van der Waals surface area contributed by atoms with E-state index in [1.54, 1.807) is 25.4 Å². The van der Waals surface area contributed by atoms with E-state index in [2.05, 4.69) is 38.5 Å². The summed E-state index contributed by atoms with van der Waals surface area (Å²) in [7, 11) is 1.72. The van der Waals surface area contributed by atoms with Crippen LogP contribution in [0.15, 0.2) is 34.9 Å². The molecule has 1 unspecified atom stereocenters. The lowest BCUT2D eigenvalue weighted by Gasteiger charge is -2.12. The number of nitrogens with zero attached hydrogens (tertiary/aromatic N) is 2. The van der Waals surface area contributed by atoms with E-state index < -0.39 is 4.92 Å². The highest BCUT2D eigenvalue weighted by molar-refractivity contribution is 14.1. The molecule has 0 bridgehead atoms. The molecule has 1 atom stereocenters. The van der Waals surface area contributed by atoms with Crippen LogP contribution >= 0.6 is 38.5 Å². The Balaban J connectivity index is 2.90. The molecule has 0 heterocycles. The maximum Gasteiger partial charge on any atom is 0.269 e. The topological polar surface area (TPSA) is 72.4 Å². The number of nitro groups is 1. The summed E-state index contributed by atoms with van der Waals surface area (Å²) in [6.45, 7) is 0. The fraction of sp³-hybridized carbons (Fsp3) is 0.200. The Labute approximate surface area is 121 Å². The van der Waals surface area contributed by atoms with Crippen molar-refractivity contribution >= 4 is 44.2 Å². The average Bonchev–Trinajstić information content (AvgIpc) is 2.27. The number of hydrogen-bond acceptors (Lipinski definition) is 4. The monoisotopic (exact) mass is 411 g/mol. The van der Waals surface area contributed by atoms with Crippen molar-refractivity contribution < 1.29 is 4.92 Å². The van der Waals surface area contributed by atoms with Crippen LogP contribution in [-0.4, -0.2) is 17.0 Å². The van der Waals surface area contributed by atoms with Gasteiger partial charge in [0.05, 0.1) is 8.85 Å². The minimum atomic E-state index is -0.412. The summed E-state index contributed by atoms with van der Waals surface area (Å²) < 4.78 is 0.969. The molecule has 0 saturated carbocycles. The Morgan fingerprint density at radius 2 is 2.12 bits per heavy atom. The summed E-state index contributed by atoms with van der Waals surface area (Å²) in [5.74, 6) is 5.51. The maximum atomic E-state index is 10.5. The first kappa shape index (κ1) is 14.4. The number of allylic oxidation sites excluding steroid dienone is 1. The summed E-state index contributed by atoms with van der Waals surface area (Å²) in [4.78, 5) is 10.1. The number of hydrogen-bond donors (Lipinski definition) is 1. The molecule has 2 N–H and O–H groups in total. The van der Waals surface area contributed by atoms with Crippen LogP contribution in [-0.2, 0) is 0 Å². The minimum Gasteiger partial charge on any atom is -0.321 e. The van der Waals surface area contributed by atoms with Crippen molar-refractivity contribution in [3.63, 3.8) is 0 Å². The highest BCUT2D eigenvalue weighted by Crippen LogP contribution is 2.35. The fourth-order valence-electron chi connectivity index (χ4n) is 1.18. The molecule has 0 radical (unpaired) electrons. The van der Waals surface area contributed by atoms with Gasteiger partial charge in [-0.05, 0) is 5.56 Å². The van der Waals surface area contributed by atoms with Crippen LogP contribution in [0.2, 0.25) is 0 Å². The maximum absolute atomic E-state index is 10.5. The Morgan fingerprint density at radius 3 is 2.53 bits per heavy atom. The summed E-state index contributed by atoms with van der Waals surface area (Å²) >= 11 is 5.65. The zero-order valence-corrected chi connectivity index (χ0v) is 12.8. The van der Waals surface area contributed by atoms with E-state index in [1.807, 2.05) is 0 Å². The highest BCUT2D eigenvalue weighted by atomic mass is 127. The van der Waals surface area contributed by atoms with E-state index in [0.29, 0.717) is 0 Å². The number of alkyl halides is 1. The predicted octanol–water partition coefficient (Wildman–Crippen LogP) is 3.11. The van der Waals surface area contributed by atoms with Gasteiger partial charge in [-0.3, -0.25) is 10.1 Å². The van der Waals surface area contributed by atoms with Gasteiger partial charge in [0.25, 0.3) is 5.69 Å². The van der Waals surface area contributed by atoms with Gasteiger partial charge in [0.15, 0.2) is 0 Å². The fourth-order valence-corrected chi connectivity index (χ4v) is 2.35. The summed E-state index contributed by atoms with van der Waals surface area (Å²) in [5, 5.41) is 12.0.